The van der Waals surface area contributed by atoms with Crippen molar-refractivity contribution in [1.82, 2.24) is 9.78 Å². The Morgan fingerprint density at radius 3 is 2.50 bits per heavy atom. The van der Waals surface area contributed by atoms with Gasteiger partial charge in [0.2, 0.25) is 5.91 Å². The summed E-state index contributed by atoms with van der Waals surface area (Å²) in [6.45, 7) is -0.507. The molecule has 26 heavy (non-hydrogen) atoms. The van der Waals surface area contributed by atoms with E-state index in [1.807, 2.05) is 0 Å². The summed E-state index contributed by atoms with van der Waals surface area (Å²) < 4.78 is 0.765. The van der Waals surface area contributed by atoms with Gasteiger partial charge in [0.1, 0.15) is 12.2 Å². The summed E-state index contributed by atoms with van der Waals surface area (Å²) in [5.41, 5.74) is -0.759. The molecule has 1 amide bonds. The van der Waals surface area contributed by atoms with Crippen LogP contribution >= 0.6 is 23.2 Å². The number of nitrogens with one attached hydrogen (secondary N) is 1. The number of fused-ring (bicyclic) bond motifs is 1. The van der Waals surface area contributed by atoms with E-state index >= 15 is 0 Å². The lowest BCUT2D eigenvalue weighted by Gasteiger charge is -2.12. The number of aromatic nitrogens is 2. The third-order valence-corrected chi connectivity index (χ3v) is 4.12. The molecule has 7 nitrogen and oxygen atoms in total. The Balaban J connectivity index is 1.97. The van der Waals surface area contributed by atoms with Gasteiger partial charge < -0.3 is 15.2 Å². The summed E-state index contributed by atoms with van der Waals surface area (Å²) in [5, 5.41) is 18.5. The molecule has 0 bridgehead atoms. The number of amides is 1. The summed E-state index contributed by atoms with van der Waals surface area (Å²) >= 11 is 11.8. The van der Waals surface area contributed by atoms with E-state index in [-0.39, 0.29) is 21.5 Å². The molecule has 3 aromatic rings. The predicted molar refractivity (Wildman–Crippen MR) is 95.4 cm³/mol. The molecule has 0 saturated carbocycles. The number of carboxylic acids is 1. The highest BCUT2D eigenvalue weighted by Crippen LogP contribution is 2.25. The van der Waals surface area contributed by atoms with Crippen LogP contribution in [0.5, 0.6) is 0 Å². The molecule has 0 spiro atoms. The average Bonchev–Trinajstić information content (AvgIpc) is 2.60. The highest BCUT2D eigenvalue weighted by atomic mass is 35.5. The molecule has 0 aliphatic rings. The maximum absolute atomic E-state index is 12.5. The Morgan fingerprint density at radius 1 is 1.12 bits per heavy atom. The van der Waals surface area contributed by atoms with Crippen LogP contribution in [0.25, 0.3) is 10.8 Å². The molecule has 2 aromatic carbocycles. The van der Waals surface area contributed by atoms with Crippen molar-refractivity contribution in [3.63, 3.8) is 0 Å². The number of benzene rings is 2. The van der Waals surface area contributed by atoms with Gasteiger partial charge in [-0.25, -0.2) is 4.68 Å². The maximum Gasteiger partial charge on any atom is 0.275 e. The van der Waals surface area contributed by atoms with Gasteiger partial charge in [0.05, 0.1) is 22.1 Å². The summed E-state index contributed by atoms with van der Waals surface area (Å²) in [7, 11) is 0. The van der Waals surface area contributed by atoms with Gasteiger partial charge >= 0.3 is 0 Å². The van der Waals surface area contributed by atoms with Gasteiger partial charge in [0.25, 0.3) is 5.56 Å². The first-order valence-corrected chi connectivity index (χ1v) is 8.08. The van der Waals surface area contributed by atoms with E-state index in [1.54, 1.807) is 18.2 Å². The Morgan fingerprint density at radius 2 is 1.81 bits per heavy atom. The Labute approximate surface area is 156 Å². The van der Waals surface area contributed by atoms with Crippen molar-refractivity contribution in [2.45, 2.75) is 6.54 Å². The van der Waals surface area contributed by atoms with Crippen molar-refractivity contribution >= 4 is 51.5 Å². The first kappa shape index (κ1) is 17.9. The molecule has 0 radical (unpaired) electrons. The van der Waals surface area contributed by atoms with Gasteiger partial charge in [0, 0.05) is 10.4 Å². The summed E-state index contributed by atoms with van der Waals surface area (Å²) in [6.07, 6.45) is 0. The van der Waals surface area contributed by atoms with E-state index in [0.717, 1.165) is 4.68 Å². The second-order valence-corrected chi connectivity index (χ2v) is 6.16. The first-order chi connectivity index (χ1) is 12.4. The van der Waals surface area contributed by atoms with E-state index in [1.165, 1.54) is 24.3 Å². The number of halogens is 2. The molecular weight excluding hydrogens is 381 g/mol. The Hall–Kier alpha value is -2.90. The van der Waals surface area contributed by atoms with Crippen LogP contribution in [0.4, 0.5) is 5.69 Å². The lowest BCUT2D eigenvalue weighted by atomic mass is 10.1. The predicted octanol–water partition coefficient (Wildman–Crippen LogP) is 1.71. The zero-order valence-corrected chi connectivity index (χ0v) is 14.5. The maximum atomic E-state index is 12.5. The van der Waals surface area contributed by atoms with Crippen LogP contribution in [-0.4, -0.2) is 21.7 Å². The lowest BCUT2D eigenvalue weighted by Crippen LogP contribution is -2.34. The number of hydrogen-bond acceptors (Lipinski definition) is 5. The number of anilines is 1. The van der Waals surface area contributed by atoms with Crippen LogP contribution in [0, 0.1) is 0 Å². The summed E-state index contributed by atoms with van der Waals surface area (Å²) in [5.74, 6) is -2.17. The number of carbonyl (C=O) groups excluding carboxylic acids is 2. The number of aromatic carboxylic acids is 1. The summed E-state index contributed by atoms with van der Waals surface area (Å²) in [4.78, 5) is 36.0. The van der Waals surface area contributed by atoms with Crippen LogP contribution in [0.1, 0.15) is 10.5 Å². The molecule has 9 heteroatoms. The SMILES string of the molecule is O=C(Cn1nc(C(=O)[O-])c2ccccc2c1=O)Nc1cc(Cl)ccc1Cl. The summed E-state index contributed by atoms with van der Waals surface area (Å²) in [6, 6.07) is 10.6. The van der Waals surface area contributed by atoms with Crippen molar-refractivity contribution in [2.75, 3.05) is 5.32 Å². The third-order valence-electron chi connectivity index (χ3n) is 3.56. The standard InChI is InChI=1S/C17H11Cl2N3O4/c18-9-5-6-12(19)13(7-9)20-14(23)8-22-16(24)11-4-2-1-3-10(11)15(21-22)17(25)26/h1-7H,8H2,(H,20,23)(H,25,26)/p-1. The van der Waals surface area contributed by atoms with Gasteiger partial charge in [-0.2, -0.15) is 5.10 Å². The van der Waals surface area contributed by atoms with E-state index < -0.39 is 29.7 Å². The quantitative estimate of drug-likeness (QED) is 0.729. The minimum Gasteiger partial charge on any atom is -0.543 e. The van der Waals surface area contributed by atoms with E-state index in [9.17, 15) is 19.5 Å². The number of rotatable bonds is 4. The molecule has 0 aliphatic carbocycles. The van der Waals surface area contributed by atoms with Gasteiger partial charge in [-0.05, 0) is 24.3 Å². The van der Waals surface area contributed by atoms with Crippen LogP contribution in [0.2, 0.25) is 10.0 Å². The fourth-order valence-corrected chi connectivity index (χ4v) is 2.75. The van der Waals surface area contributed by atoms with E-state index in [4.69, 9.17) is 23.2 Å². The minimum absolute atomic E-state index is 0.121. The first-order valence-electron chi connectivity index (χ1n) is 7.33. The fourth-order valence-electron chi connectivity index (χ4n) is 2.41. The molecule has 3 rings (SSSR count). The number of carbonyl (C=O) groups is 2. The normalized spacial score (nSPS) is 10.7. The zero-order chi connectivity index (χ0) is 18.8. The molecule has 1 heterocycles. The monoisotopic (exact) mass is 390 g/mol. The molecule has 132 valence electrons. The van der Waals surface area contributed by atoms with Gasteiger partial charge in [0.15, 0.2) is 0 Å². The average molecular weight is 391 g/mol. The Bertz CT molecular complexity index is 1100. The molecule has 0 saturated heterocycles. The fraction of sp³-hybridized carbons (Fsp3) is 0.0588. The second-order valence-electron chi connectivity index (χ2n) is 5.32. The van der Waals surface area contributed by atoms with Crippen LogP contribution in [0.3, 0.4) is 0 Å². The molecular formula is C17H10Cl2N3O4-. The topological polar surface area (TPSA) is 104 Å². The number of nitrogens with zero attached hydrogens (tertiary/aromatic N) is 2. The molecule has 0 atom stereocenters. The zero-order valence-electron chi connectivity index (χ0n) is 13.0. The van der Waals surface area contributed by atoms with Crippen molar-refractivity contribution in [3.05, 3.63) is 68.6 Å². The van der Waals surface area contributed by atoms with Crippen molar-refractivity contribution in [1.29, 1.82) is 0 Å². The number of carboxylic acid groups (broad SMARTS) is 1. The van der Waals surface area contributed by atoms with Crippen LogP contribution < -0.4 is 16.0 Å². The van der Waals surface area contributed by atoms with Crippen LogP contribution in [0.15, 0.2) is 47.3 Å². The van der Waals surface area contributed by atoms with Gasteiger partial charge in [-0.3, -0.25) is 9.59 Å². The van der Waals surface area contributed by atoms with Crippen LogP contribution in [-0.2, 0) is 11.3 Å². The van der Waals surface area contributed by atoms with Gasteiger partial charge in [-0.1, -0.05) is 41.4 Å². The molecule has 0 fully saturated rings. The smallest absolute Gasteiger partial charge is 0.275 e. The molecule has 1 aromatic heterocycles. The Kier molecular flexibility index (Phi) is 4.92. The second kappa shape index (κ2) is 7.15. The highest BCUT2D eigenvalue weighted by molar-refractivity contribution is 6.35. The van der Waals surface area contributed by atoms with Crippen molar-refractivity contribution in [2.24, 2.45) is 0 Å². The largest absolute Gasteiger partial charge is 0.543 e. The van der Waals surface area contributed by atoms with Crippen molar-refractivity contribution < 1.29 is 14.7 Å². The van der Waals surface area contributed by atoms with E-state index in [2.05, 4.69) is 10.4 Å². The number of hydrogen-bond donors (Lipinski definition) is 1. The van der Waals surface area contributed by atoms with Crippen molar-refractivity contribution in [3.8, 4) is 0 Å². The molecule has 0 aliphatic heterocycles. The highest BCUT2D eigenvalue weighted by Gasteiger charge is 2.14. The lowest BCUT2D eigenvalue weighted by molar-refractivity contribution is -0.255. The molecule has 1 N–H and O–H groups in total. The molecule has 0 unspecified atom stereocenters. The third kappa shape index (κ3) is 3.54. The van der Waals surface area contributed by atoms with E-state index in [0.29, 0.717) is 5.02 Å². The van der Waals surface area contributed by atoms with Gasteiger partial charge in [-0.15, -0.1) is 0 Å². The minimum atomic E-state index is -1.55.